The summed E-state index contributed by atoms with van der Waals surface area (Å²) in [5.41, 5.74) is 1.16. The van der Waals surface area contributed by atoms with Crippen LogP contribution < -0.4 is 10.2 Å². The number of thiazole rings is 1. The molecule has 0 amide bonds. The molecule has 0 aromatic carbocycles. The van der Waals surface area contributed by atoms with Crippen molar-refractivity contribution >= 4 is 16.5 Å². The zero-order valence-electron chi connectivity index (χ0n) is 8.88. The van der Waals surface area contributed by atoms with E-state index in [9.17, 15) is 0 Å². The van der Waals surface area contributed by atoms with E-state index in [1.54, 1.807) is 11.3 Å². The fraction of sp³-hybridized carbons (Fsp3) is 0.667. The molecule has 0 aliphatic heterocycles. The van der Waals surface area contributed by atoms with Crippen LogP contribution in [0.25, 0.3) is 0 Å². The molecule has 1 atom stereocenters. The Kier molecular flexibility index (Phi) is 3.27. The zero-order chi connectivity index (χ0) is 10.0. The van der Waals surface area contributed by atoms with Gasteiger partial charge in [0.25, 0.3) is 0 Å². The minimum absolute atomic E-state index is 0.338. The van der Waals surface area contributed by atoms with E-state index in [1.165, 1.54) is 4.88 Å². The summed E-state index contributed by atoms with van der Waals surface area (Å²) in [4.78, 5) is 7.90. The lowest BCUT2D eigenvalue weighted by Crippen LogP contribution is -2.14. The predicted molar refractivity (Wildman–Crippen MR) is 58.7 cm³/mol. The fourth-order valence-electron chi connectivity index (χ4n) is 1.12. The molecule has 3 nitrogen and oxygen atoms in total. The second kappa shape index (κ2) is 4.07. The Bertz CT molecular complexity index is 280. The first-order valence-electron chi connectivity index (χ1n) is 4.38. The topological polar surface area (TPSA) is 28.2 Å². The highest BCUT2D eigenvalue weighted by molar-refractivity contribution is 7.15. The number of aromatic nitrogens is 1. The molecule has 1 aromatic rings. The average molecular weight is 199 g/mol. The SMILES string of the molecule is CNC(C)c1nc(N(C)C)sc1C. The molecule has 0 fully saturated rings. The average Bonchev–Trinajstić information content (AvgIpc) is 2.46. The van der Waals surface area contributed by atoms with Crippen molar-refractivity contribution in [2.24, 2.45) is 0 Å². The number of nitrogens with one attached hydrogen (secondary N) is 1. The van der Waals surface area contributed by atoms with E-state index < -0.39 is 0 Å². The normalized spacial score (nSPS) is 13.0. The monoisotopic (exact) mass is 199 g/mol. The number of aryl methyl sites for hydroxylation is 1. The molecular weight excluding hydrogens is 182 g/mol. The van der Waals surface area contributed by atoms with Gasteiger partial charge in [0.05, 0.1) is 5.69 Å². The summed E-state index contributed by atoms with van der Waals surface area (Å²) in [6, 6.07) is 0.338. The summed E-state index contributed by atoms with van der Waals surface area (Å²) in [5, 5.41) is 4.28. The van der Waals surface area contributed by atoms with Crippen LogP contribution in [0.15, 0.2) is 0 Å². The van der Waals surface area contributed by atoms with Crippen molar-refractivity contribution in [2.45, 2.75) is 19.9 Å². The summed E-state index contributed by atoms with van der Waals surface area (Å²) in [6.45, 7) is 4.25. The molecule has 0 bridgehead atoms. The van der Waals surface area contributed by atoms with E-state index in [0.29, 0.717) is 6.04 Å². The van der Waals surface area contributed by atoms with Crippen LogP contribution in [-0.4, -0.2) is 26.1 Å². The summed E-state index contributed by atoms with van der Waals surface area (Å²) in [5.74, 6) is 0. The Morgan fingerprint density at radius 2 is 2.08 bits per heavy atom. The van der Waals surface area contributed by atoms with Crippen molar-refractivity contribution in [2.75, 3.05) is 26.0 Å². The minimum atomic E-state index is 0.338. The largest absolute Gasteiger partial charge is 0.354 e. The van der Waals surface area contributed by atoms with Crippen molar-refractivity contribution in [3.63, 3.8) is 0 Å². The minimum Gasteiger partial charge on any atom is -0.354 e. The zero-order valence-corrected chi connectivity index (χ0v) is 9.70. The number of anilines is 1. The van der Waals surface area contributed by atoms with Gasteiger partial charge in [0.2, 0.25) is 0 Å². The van der Waals surface area contributed by atoms with Gasteiger partial charge in [-0.1, -0.05) is 0 Å². The first kappa shape index (κ1) is 10.5. The molecule has 1 rings (SSSR count). The van der Waals surface area contributed by atoms with Gasteiger partial charge >= 0.3 is 0 Å². The molecule has 1 unspecified atom stereocenters. The van der Waals surface area contributed by atoms with Crippen LogP contribution in [0.4, 0.5) is 5.13 Å². The van der Waals surface area contributed by atoms with Crippen molar-refractivity contribution in [3.05, 3.63) is 10.6 Å². The quantitative estimate of drug-likeness (QED) is 0.804. The van der Waals surface area contributed by atoms with Gasteiger partial charge in [0, 0.05) is 25.0 Å². The number of hydrogen-bond donors (Lipinski definition) is 1. The first-order chi connectivity index (χ1) is 6.06. The van der Waals surface area contributed by atoms with Crippen LogP contribution in [0, 0.1) is 6.92 Å². The Morgan fingerprint density at radius 3 is 2.46 bits per heavy atom. The van der Waals surface area contributed by atoms with Gasteiger partial charge in [-0.2, -0.15) is 0 Å². The molecule has 13 heavy (non-hydrogen) atoms. The van der Waals surface area contributed by atoms with Crippen molar-refractivity contribution in [3.8, 4) is 0 Å². The van der Waals surface area contributed by atoms with Crippen molar-refractivity contribution in [1.29, 1.82) is 0 Å². The van der Waals surface area contributed by atoms with Gasteiger partial charge in [-0.25, -0.2) is 4.98 Å². The Morgan fingerprint density at radius 1 is 1.46 bits per heavy atom. The van der Waals surface area contributed by atoms with Crippen LogP contribution in [0.1, 0.15) is 23.5 Å². The molecule has 0 aliphatic rings. The van der Waals surface area contributed by atoms with Crippen LogP contribution in [-0.2, 0) is 0 Å². The van der Waals surface area contributed by atoms with Crippen LogP contribution >= 0.6 is 11.3 Å². The molecular formula is C9H17N3S. The Balaban J connectivity index is 2.96. The Hall–Kier alpha value is -0.610. The van der Waals surface area contributed by atoms with E-state index in [0.717, 1.165) is 10.8 Å². The predicted octanol–water partition coefficient (Wildman–Crippen LogP) is 1.80. The molecule has 0 saturated heterocycles. The second-order valence-corrected chi connectivity index (χ2v) is 4.52. The van der Waals surface area contributed by atoms with Gasteiger partial charge in [0.15, 0.2) is 5.13 Å². The second-order valence-electron chi connectivity index (χ2n) is 3.34. The van der Waals surface area contributed by atoms with E-state index in [-0.39, 0.29) is 0 Å². The molecule has 1 N–H and O–H groups in total. The fourth-order valence-corrected chi connectivity index (χ4v) is 2.05. The van der Waals surface area contributed by atoms with E-state index in [1.807, 2.05) is 26.0 Å². The maximum Gasteiger partial charge on any atom is 0.185 e. The lowest BCUT2D eigenvalue weighted by atomic mass is 10.2. The third kappa shape index (κ3) is 2.19. The lowest BCUT2D eigenvalue weighted by Gasteiger charge is -2.08. The van der Waals surface area contributed by atoms with E-state index in [2.05, 4.69) is 24.1 Å². The smallest absolute Gasteiger partial charge is 0.185 e. The molecule has 1 heterocycles. The van der Waals surface area contributed by atoms with Crippen LogP contribution in [0.5, 0.6) is 0 Å². The summed E-state index contributed by atoms with van der Waals surface area (Å²) in [7, 11) is 6.00. The summed E-state index contributed by atoms with van der Waals surface area (Å²) >= 11 is 1.74. The Labute approximate surface area is 83.8 Å². The number of hydrogen-bond acceptors (Lipinski definition) is 4. The molecule has 1 aromatic heterocycles. The van der Waals surface area contributed by atoms with Crippen LogP contribution in [0.3, 0.4) is 0 Å². The molecule has 0 aliphatic carbocycles. The highest BCUT2D eigenvalue weighted by Gasteiger charge is 2.13. The third-order valence-corrected chi connectivity index (χ3v) is 3.20. The molecule has 4 heteroatoms. The van der Waals surface area contributed by atoms with Crippen molar-refractivity contribution in [1.82, 2.24) is 10.3 Å². The van der Waals surface area contributed by atoms with Crippen LogP contribution in [0.2, 0.25) is 0 Å². The summed E-state index contributed by atoms with van der Waals surface area (Å²) < 4.78 is 0. The maximum absolute atomic E-state index is 4.56. The van der Waals surface area contributed by atoms with Gasteiger partial charge in [0.1, 0.15) is 0 Å². The molecule has 0 saturated carbocycles. The maximum atomic E-state index is 4.56. The van der Waals surface area contributed by atoms with E-state index >= 15 is 0 Å². The number of rotatable bonds is 3. The first-order valence-corrected chi connectivity index (χ1v) is 5.19. The van der Waals surface area contributed by atoms with Gasteiger partial charge in [-0.15, -0.1) is 11.3 Å². The van der Waals surface area contributed by atoms with Gasteiger partial charge < -0.3 is 10.2 Å². The highest BCUT2D eigenvalue weighted by atomic mass is 32.1. The van der Waals surface area contributed by atoms with Gasteiger partial charge in [-0.3, -0.25) is 0 Å². The molecule has 0 spiro atoms. The molecule has 74 valence electrons. The van der Waals surface area contributed by atoms with Gasteiger partial charge in [-0.05, 0) is 20.9 Å². The lowest BCUT2D eigenvalue weighted by molar-refractivity contribution is 0.633. The third-order valence-electron chi connectivity index (χ3n) is 2.05. The number of nitrogens with zero attached hydrogens (tertiary/aromatic N) is 2. The standard InChI is InChI=1S/C9H17N3S/c1-6(10-3)8-7(2)13-9(11-8)12(4)5/h6,10H,1-5H3. The van der Waals surface area contributed by atoms with Crippen molar-refractivity contribution < 1.29 is 0 Å². The highest BCUT2D eigenvalue weighted by Crippen LogP contribution is 2.27. The van der Waals surface area contributed by atoms with E-state index in [4.69, 9.17) is 0 Å². The molecule has 0 radical (unpaired) electrons. The summed E-state index contributed by atoms with van der Waals surface area (Å²) in [6.07, 6.45) is 0.